The fourth-order valence-electron chi connectivity index (χ4n) is 3.00. The second-order valence-corrected chi connectivity index (χ2v) is 8.92. The van der Waals surface area contributed by atoms with Crippen molar-refractivity contribution in [1.82, 2.24) is 20.2 Å². The van der Waals surface area contributed by atoms with E-state index in [0.717, 1.165) is 16.6 Å². The molecule has 8 nitrogen and oxygen atoms in total. The largest absolute Gasteiger partial charge is 0.470 e. The molecule has 176 valence electrons. The van der Waals surface area contributed by atoms with Gasteiger partial charge in [0.05, 0.1) is 6.54 Å². The number of alkyl halides is 3. The number of anilines is 1. The zero-order valence-electron chi connectivity index (χ0n) is 17.4. The van der Waals surface area contributed by atoms with Gasteiger partial charge in [0.25, 0.3) is 10.0 Å². The lowest BCUT2D eigenvalue weighted by Gasteiger charge is -2.24. The van der Waals surface area contributed by atoms with Gasteiger partial charge in [-0.3, -0.25) is 4.98 Å². The number of hydrogen-bond acceptors (Lipinski definition) is 7. The highest BCUT2D eigenvalue weighted by atomic mass is 32.2. The van der Waals surface area contributed by atoms with Gasteiger partial charge in [-0.1, -0.05) is 12.1 Å². The van der Waals surface area contributed by atoms with E-state index in [1.807, 2.05) is 0 Å². The van der Waals surface area contributed by atoms with Crippen LogP contribution >= 0.6 is 0 Å². The zero-order chi connectivity index (χ0) is 24.5. The Kier molecular flexibility index (Phi) is 6.04. The second kappa shape index (κ2) is 8.82. The fourth-order valence-corrected chi connectivity index (χ4v) is 4.36. The van der Waals surface area contributed by atoms with Gasteiger partial charge in [0, 0.05) is 29.2 Å². The van der Waals surface area contributed by atoms with Crippen molar-refractivity contribution in [2.45, 2.75) is 24.5 Å². The number of halogens is 4. The molecule has 0 aliphatic rings. The lowest BCUT2D eigenvalue weighted by atomic mass is 10.1. The average molecular weight is 493 g/mol. The minimum Gasteiger partial charge on any atom is -0.413 e. The van der Waals surface area contributed by atoms with Gasteiger partial charge in [-0.15, -0.1) is 10.2 Å². The number of hydrogen-bond donors (Lipinski definition) is 0. The van der Waals surface area contributed by atoms with Crippen LogP contribution in [-0.2, 0) is 22.7 Å². The molecular formula is C21H15F4N5O3S. The molecular weight excluding hydrogens is 478 g/mol. The first-order valence-electron chi connectivity index (χ1n) is 9.61. The minimum atomic E-state index is -4.84. The smallest absolute Gasteiger partial charge is 0.413 e. The summed E-state index contributed by atoms with van der Waals surface area (Å²) in [5.41, 5.74) is 0.381. The van der Waals surface area contributed by atoms with Crippen LogP contribution in [0.5, 0.6) is 0 Å². The van der Waals surface area contributed by atoms with Crippen molar-refractivity contribution >= 4 is 15.8 Å². The number of sulfonamides is 1. The molecule has 0 atom stereocenters. The summed E-state index contributed by atoms with van der Waals surface area (Å²) < 4.78 is 85.2. The Morgan fingerprint density at radius 1 is 1.06 bits per heavy atom. The SMILES string of the molecule is Cc1cccc(N(Cc2ccc(-c3nnc(C(F)(F)F)o3)cc2F)S(=O)(=O)c2cccnc2)n1. The molecule has 0 aliphatic heterocycles. The van der Waals surface area contributed by atoms with Crippen molar-refractivity contribution in [3.8, 4) is 11.5 Å². The molecule has 3 aromatic heterocycles. The second-order valence-electron chi connectivity index (χ2n) is 7.05. The summed E-state index contributed by atoms with van der Waals surface area (Å²) in [5, 5.41) is 6.21. The predicted octanol–water partition coefficient (Wildman–Crippen LogP) is 4.39. The van der Waals surface area contributed by atoms with E-state index in [4.69, 9.17) is 0 Å². The van der Waals surface area contributed by atoms with Gasteiger partial charge in [-0.2, -0.15) is 13.2 Å². The van der Waals surface area contributed by atoms with Crippen LogP contribution in [0.25, 0.3) is 11.5 Å². The highest BCUT2D eigenvalue weighted by Crippen LogP contribution is 2.31. The Labute approximate surface area is 191 Å². The number of aromatic nitrogens is 4. The van der Waals surface area contributed by atoms with E-state index in [0.29, 0.717) is 5.69 Å². The topological polar surface area (TPSA) is 102 Å². The Hall–Kier alpha value is -3.87. The maximum atomic E-state index is 15.0. The van der Waals surface area contributed by atoms with E-state index in [9.17, 15) is 26.0 Å². The number of benzene rings is 1. The minimum absolute atomic E-state index is 0.0547. The van der Waals surface area contributed by atoms with Crippen molar-refractivity contribution in [2.75, 3.05) is 4.31 Å². The third-order valence-corrected chi connectivity index (χ3v) is 6.37. The lowest BCUT2D eigenvalue weighted by Crippen LogP contribution is -2.32. The molecule has 1 aromatic carbocycles. The van der Waals surface area contributed by atoms with Gasteiger partial charge in [0.15, 0.2) is 0 Å². The van der Waals surface area contributed by atoms with E-state index in [-0.39, 0.29) is 21.8 Å². The molecule has 34 heavy (non-hydrogen) atoms. The summed E-state index contributed by atoms with van der Waals surface area (Å²) in [6.45, 7) is 1.23. The molecule has 0 unspecified atom stereocenters. The average Bonchev–Trinajstić information content (AvgIpc) is 3.30. The van der Waals surface area contributed by atoms with Crippen LogP contribution in [0, 0.1) is 12.7 Å². The Balaban J connectivity index is 1.71. The highest BCUT2D eigenvalue weighted by Gasteiger charge is 2.38. The third-order valence-electron chi connectivity index (χ3n) is 4.63. The molecule has 0 radical (unpaired) electrons. The summed E-state index contributed by atoms with van der Waals surface area (Å²) in [4.78, 5) is 7.95. The standard InChI is InChI=1S/C21H15F4N5O3S/c1-13-4-2-6-18(27-13)30(34(31,32)16-5-3-9-26-11-16)12-15-8-7-14(10-17(15)22)19-28-29-20(33-19)21(23,24)25/h2-11H,12H2,1H3. The van der Waals surface area contributed by atoms with E-state index in [2.05, 4.69) is 24.6 Å². The zero-order valence-corrected chi connectivity index (χ0v) is 18.2. The molecule has 3 heterocycles. The van der Waals surface area contributed by atoms with Gasteiger partial charge in [0.2, 0.25) is 5.89 Å². The maximum Gasteiger partial charge on any atom is 0.470 e. The van der Waals surface area contributed by atoms with E-state index in [1.165, 1.54) is 36.5 Å². The Morgan fingerprint density at radius 2 is 1.85 bits per heavy atom. The van der Waals surface area contributed by atoms with Crippen LogP contribution in [0.1, 0.15) is 17.1 Å². The summed E-state index contributed by atoms with van der Waals surface area (Å²) in [6.07, 6.45) is -2.27. The first-order chi connectivity index (χ1) is 16.1. The number of aryl methyl sites for hydroxylation is 1. The fraction of sp³-hybridized carbons (Fsp3) is 0.143. The van der Waals surface area contributed by atoms with Crippen LogP contribution in [0.4, 0.5) is 23.4 Å². The Morgan fingerprint density at radius 3 is 2.47 bits per heavy atom. The first-order valence-corrected chi connectivity index (χ1v) is 11.1. The van der Waals surface area contributed by atoms with Gasteiger partial charge in [0.1, 0.15) is 16.5 Å². The van der Waals surface area contributed by atoms with Crippen LogP contribution in [0.3, 0.4) is 0 Å². The molecule has 0 spiro atoms. The van der Waals surface area contributed by atoms with E-state index >= 15 is 0 Å². The first kappa shape index (κ1) is 23.3. The van der Waals surface area contributed by atoms with Gasteiger partial charge in [-0.25, -0.2) is 22.1 Å². The molecule has 0 saturated carbocycles. The summed E-state index contributed by atoms with van der Waals surface area (Å²) in [6, 6.07) is 10.9. The Bertz CT molecular complexity index is 1430. The summed E-state index contributed by atoms with van der Waals surface area (Å²) in [5.74, 6) is -2.92. The van der Waals surface area contributed by atoms with Gasteiger partial charge in [-0.05, 0) is 43.3 Å². The van der Waals surface area contributed by atoms with Gasteiger partial charge >= 0.3 is 12.1 Å². The van der Waals surface area contributed by atoms with Crippen molar-refractivity contribution in [2.24, 2.45) is 0 Å². The van der Waals surface area contributed by atoms with E-state index in [1.54, 1.807) is 19.1 Å². The molecule has 0 N–H and O–H groups in total. The van der Waals surface area contributed by atoms with Crippen LogP contribution in [0.15, 0.2) is 70.2 Å². The highest BCUT2D eigenvalue weighted by molar-refractivity contribution is 7.92. The van der Waals surface area contributed by atoms with Crippen molar-refractivity contribution in [3.05, 3.63) is 83.9 Å². The van der Waals surface area contributed by atoms with Crippen molar-refractivity contribution in [1.29, 1.82) is 0 Å². The quantitative estimate of drug-likeness (QED) is 0.367. The van der Waals surface area contributed by atoms with Gasteiger partial charge < -0.3 is 4.42 Å². The maximum absolute atomic E-state index is 15.0. The number of rotatable bonds is 6. The number of pyridine rings is 2. The van der Waals surface area contributed by atoms with Crippen molar-refractivity contribution in [3.63, 3.8) is 0 Å². The van der Waals surface area contributed by atoms with Crippen LogP contribution in [-0.4, -0.2) is 28.6 Å². The summed E-state index contributed by atoms with van der Waals surface area (Å²) >= 11 is 0. The predicted molar refractivity (Wildman–Crippen MR) is 111 cm³/mol. The number of nitrogens with zero attached hydrogens (tertiary/aromatic N) is 5. The normalized spacial score (nSPS) is 12.0. The third kappa shape index (κ3) is 4.73. The summed E-state index contributed by atoms with van der Waals surface area (Å²) in [7, 11) is -4.19. The molecule has 0 aliphatic carbocycles. The molecule has 0 amide bonds. The molecule has 0 saturated heterocycles. The van der Waals surface area contributed by atoms with E-state index < -0.39 is 40.3 Å². The molecule has 4 aromatic rings. The molecule has 13 heteroatoms. The monoisotopic (exact) mass is 493 g/mol. The van der Waals surface area contributed by atoms with Crippen LogP contribution in [0.2, 0.25) is 0 Å². The molecule has 0 fully saturated rings. The van der Waals surface area contributed by atoms with Crippen LogP contribution < -0.4 is 4.31 Å². The van der Waals surface area contributed by atoms with Crippen molar-refractivity contribution < 1.29 is 30.4 Å². The lowest BCUT2D eigenvalue weighted by molar-refractivity contribution is -0.156. The molecule has 4 rings (SSSR count). The molecule has 0 bridgehead atoms.